The average molecular weight is 256 g/mol. The predicted octanol–water partition coefficient (Wildman–Crippen LogP) is -0.105. The van der Waals surface area contributed by atoms with Crippen molar-refractivity contribution in [2.75, 3.05) is 20.3 Å². The predicted molar refractivity (Wildman–Crippen MR) is 51.0 cm³/mol. The highest BCUT2D eigenvalue weighted by Gasteiger charge is 2.16. The maximum atomic E-state index is 10.8. The molecule has 0 atom stereocenters. The Morgan fingerprint density at radius 3 is 2.73 bits per heavy atom. The lowest BCUT2D eigenvalue weighted by Crippen LogP contribution is -2.02. The summed E-state index contributed by atoms with van der Waals surface area (Å²) in [4.78, 5) is 3.63. The van der Waals surface area contributed by atoms with Gasteiger partial charge < -0.3 is 9.47 Å². The van der Waals surface area contributed by atoms with Gasteiger partial charge in [0.05, 0.1) is 13.2 Å². The Hall–Kier alpha value is -0.700. The number of rotatable bonds is 6. The zero-order chi connectivity index (χ0) is 11.3. The first kappa shape index (κ1) is 12.4. The van der Waals surface area contributed by atoms with E-state index in [0.717, 1.165) is 0 Å². The number of aromatic nitrogens is 3. The zero-order valence-corrected chi connectivity index (χ0v) is 9.51. The van der Waals surface area contributed by atoms with Gasteiger partial charge in [-0.25, -0.2) is 8.42 Å². The molecule has 0 bridgehead atoms. The third-order valence-electron chi connectivity index (χ3n) is 1.40. The van der Waals surface area contributed by atoms with Crippen LogP contribution in [0.25, 0.3) is 0 Å². The smallest absolute Gasteiger partial charge is 0.298 e. The highest BCUT2D eigenvalue weighted by molar-refractivity contribution is 8.13. The quantitative estimate of drug-likeness (QED) is 0.563. The minimum Gasteiger partial charge on any atom is -0.382 e. The van der Waals surface area contributed by atoms with Crippen molar-refractivity contribution in [3.63, 3.8) is 0 Å². The van der Waals surface area contributed by atoms with E-state index in [-0.39, 0.29) is 6.61 Å². The summed E-state index contributed by atoms with van der Waals surface area (Å²) in [5, 5.41) is 5.37. The van der Waals surface area contributed by atoms with Gasteiger partial charge in [-0.3, -0.25) is 5.10 Å². The van der Waals surface area contributed by atoms with Gasteiger partial charge in [-0.1, -0.05) is 0 Å². The summed E-state index contributed by atoms with van der Waals surface area (Å²) in [6, 6.07) is 0. The number of hydrogen-bond donors (Lipinski definition) is 1. The Balaban J connectivity index is 2.47. The Kier molecular flexibility index (Phi) is 4.45. The average Bonchev–Trinajstić information content (AvgIpc) is 2.60. The standard InChI is InChI=1S/C6H10ClN3O4S/c1-13-2-3-14-4-5-8-6(10-9-5)15(7,11)12/h2-4H2,1H3,(H,8,9,10). The largest absolute Gasteiger partial charge is 0.382 e. The van der Waals surface area contributed by atoms with Crippen LogP contribution < -0.4 is 0 Å². The summed E-state index contributed by atoms with van der Waals surface area (Å²) in [6.45, 7) is 0.970. The van der Waals surface area contributed by atoms with Crippen molar-refractivity contribution >= 4 is 19.7 Å². The fourth-order valence-electron chi connectivity index (χ4n) is 0.762. The number of hydrogen-bond acceptors (Lipinski definition) is 6. The number of H-pyrrole nitrogens is 1. The molecule has 0 aliphatic rings. The Labute approximate surface area is 91.2 Å². The van der Waals surface area contributed by atoms with Crippen molar-refractivity contribution in [3.8, 4) is 0 Å². The molecule has 86 valence electrons. The van der Waals surface area contributed by atoms with Gasteiger partial charge in [-0.05, 0) is 0 Å². The van der Waals surface area contributed by atoms with Crippen molar-refractivity contribution in [1.82, 2.24) is 15.2 Å². The lowest BCUT2D eigenvalue weighted by molar-refractivity contribution is 0.0586. The zero-order valence-electron chi connectivity index (χ0n) is 7.93. The summed E-state index contributed by atoms with van der Waals surface area (Å²) in [5.74, 6) is 0.297. The molecule has 0 radical (unpaired) electrons. The maximum Gasteiger partial charge on any atom is 0.298 e. The van der Waals surface area contributed by atoms with Crippen molar-refractivity contribution in [2.24, 2.45) is 0 Å². The van der Waals surface area contributed by atoms with Gasteiger partial charge in [-0.15, -0.1) is 5.10 Å². The van der Waals surface area contributed by atoms with E-state index in [1.54, 1.807) is 7.11 Å². The topological polar surface area (TPSA) is 94.2 Å². The lowest BCUT2D eigenvalue weighted by Gasteiger charge is -1.99. The molecule has 1 aromatic rings. The van der Waals surface area contributed by atoms with Crippen LogP contribution in [0.2, 0.25) is 0 Å². The van der Waals surface area contributed by atoms with Crippen LogP contribution >= 0.6 is 10.7 Å². The fraction of sp³-hybridized carbons (Fsp3) is 0.667. The molecule has 1 heterocycles. The van der Waals surface area contributed by atoms with Gasteiger partial charge >= 0.3 is 0 Å². The second-order valence-corrected chi connectivity index (χ2v) is 5.01. The first-order valence-electron chi connectivity index (χ1n) is 3.96. The normalized spacial score (nSPS) is 11.9. The van der Waals surface area contributed by atoms with Gasteiger partial charge in [-0.2, -0.15) is 4.98 Å². The molecule has 0 saturated carbocycles. The van der Waals surface area contributed by atoms with Crippen LogP contribution in [-0.4, -0.2) is 43.9 Å². The molecule has 0 saturated heterocycles. The van der Waals surface area contributed by atoms with Crippen LogP contribution in [0, 0.1) is 0 Å². The lowest BCUT2D eigenvalue weighted by atomic mass is 10.6. The second kappa shape index (κ2) is 5.40. The van der Waals surface area contributed by atoms with Crippen molar-refractivity contribution < 1.29 is 17.9 Å². The van der Waals surface area contributed by atoms with E-state index < -0.39 is 14.2 Å². The number of aromatic amines is 1. The van der Waals surface area contributed by atoms with Crippen LogP contribution in [0.15, 0.2) is 5.16 Å². The number of nitrogens with zero attached hydrogens (tertiary/aromatic N) is 2. The van der Waals surface area contributed by atoms with Crippen LogP contribution in [-0.2, 0) is 25.1 Å². The molecule has 9 heteroatoms. The first-order chi connectivity index (χ1) is 7.04. The van der Waals surface area contributed by atoms with Gasteiger partial charge in [0, 0.05) is 17.8 Å². The van der Waals surface area contributed by atoms with Crippen molar-refractivity contribution in [1.29, 1.82) is 0 Å². The van der Waals surface area contributed by atoms with E-state index in [9.17, 15) is 8.42 Å². The molecule has 0 aromatic carbocycles. The molecular formula is C6H10ClN3O4S. The van der Waals surface area contributed by atoms with E-state index in [1.165, 1.54) is 0 Å². The van der Waals surface area contributed by atoms with Crippen LogP contribution in [0.3, 0.4) is 0 Å². The summed E-state index contributed by atoms with van der Waals surface area (Å²) in [7, 11) is 2.69. The highest BCUT2D eigenvalue weighted by Crippen LogP contribution is 2.08. The SMILES string of the molecule is COCCOCc1nc(S(=O)(=O)Cl)n[nH]1. The van der Waals surface area contributed by atoms with Gasteiger partial charge in [0.15, 0.2) is 5.82 Å². The first-order valence-corrected chi connectivity index (χ1v) is 6.27. The minimum absolute atomic E-state index is 0.128. The van der Waals surface area contributed by atoms with Crippen LogP contribution in [0.1, 0.15) is 5.82 Å². The second-order valence-electron chi connectivity index (χ2n) is 2.55. The number of nitrogens with one attached hydrogen (secondary N) is 1. The highest BCUT2D eigenvalue weighted by atomic mass is 35.7. The van der Waals surface area contributed by atoms with E-state index in [2.05, 4.69) is 15.2 Å². The van der Waals surface area contributed by atoms with E-state index in [1.807, 2.05) is 0 Å². The minimum atomic E-state index is -3.88. The third kappa shape index (κ3) is 4.12. The van der Waals surface area contributed by atoms with E-state index in [4.69, 9.17) is 20.2 Å². The van der Waals surface area contributed by atoms with E-state index in [0.29, 0.717) is 19.0 Å². The number of methoxy groups -OCH3 is 1. The molecule has 0 amide bonds. The molecule has 7 nitrogen and oxygen atoms in total. The summed E-state index contributed by atoms with van der Waals surface area (Å²) < 4.78 is 31.4. The summed E-state index contributed by atoms with van der Waals surface area (Å²) >= 11 is 0. The molecular weight excluding hydrogens is 246 g/mol. The van der Waals surface area contributed by atoms with Gasteiger partial charge in [0.1, 0.15) is 6.61 Å². The molecule has 1 rings (SSSR count). The Morgan fingerprint density at radius 2 is 2.20 bits per heavy atom. The van der Waals surface area contributed by atoms with Crippen LogP contribution in [0.5, 0.6) is 0 Å². The maximum absolute atomic E-state index is 10.8. The fourth-order valence-corrected chi connectivity index (χ4v) is 1.34. The number of ether oxygens (including phenoxy) is 2. The summed E-state index contributed by atoms with van der Waals surface area (Å²) in [5.41, 5.74) is 0. The monoisotopic (exact) mass is 255 g/mol. The van der Waals surface area contributed by atoms with Crippen molar-refractivity contribution in [2.45, 2.75) is 11.8 Å². The van der Waals surface area contributed by atoms with Gasteiger partial charge in [0.2, 0.25) is 0 Å². The molecule has 1 N–H and O–H groups in total. The number of halogens is 1. The van der Waals surface area contributed by atoms with Crippen molar-refractivity contribution in [3.05, 3.63) is 5.82 Å². The third-order valence-corrected chi connectivity index (χ3v) is 2.43. The molecule has 0 aliphatic carbocycles. The molecule has 1 aromatic heterocycles. The Morgan fingerprint density at radius 1 is 1.47 bits per heavy atom. The Bertz CT molecular complexity index is 404. The van der Waals surface area contributed by atoms with Gasteiger partial charge in [0.25, 0.3) is 14.2 Å². The molecule has 0 fully saturated rings. The molecule has 15 heavy (non-hydrogen) atoms. The van der Waals surface area contributed by atoms with Crippen LogP contribution in [0.4, 0.5) is 0 Å². The molecule has 0 unspecified atom stereocenters. The summed E-state index contributed by atoms with van der Waals surface area (Å²) in [6.07, 6.45) is 0. The molecule has 0 spiro atoms. The molecule has 0 aliphatic heterocycles. The van der Waals surface area contributed by atoms with E-state index >= 15 is 0 Å².